The average Bonchev–Trinajstić information content (AvgIpc) is 2.63. The Hall–Kier alpha value is -3.22. The van der Waals surface area contributed by atoms with Gasteiger partial charge in [0, 0.05) is 5.69 Å². The number of urea groups is 1. The molecule has 0 spiro atoms. The van der Waals surface area contributed by atoms with E-state index in [-0.39, 0.29) is 6.73 Å². The van der Waals surface area contributed by atoms with Gasteiger partial charge in [0.25, 0.3) is 0 Å². The van der Waals surface area contributed by atoms with Gasteiger partial charge in [0.2, 0.25) is 0 Å². The van der Waals surface area contributed by atoms with Gasteiger partial charge in [-0.05, 0) is 55.5 Å². The van der Waals surface area contributed by atoms with Crippen molar-refractivity contribution < 1.29 is 23.8 Å². The van der Waals surface area contributed by atoms with E-state index in [2.05, 4.69) is 15.4 Å². The van der Waals surface area contributed by atoms with Gasteiger partial charge in [0.15, 0.2) is 6.73 Å². The topological polar surface area (TPSA) is 85.9 Å². The van der Waals surface area contributed by atoms with Crippen LogP contribution in [0.15, 0.2) is 48.5 Å². The number of hydrogen-bond acceptors (Lipinski definition) is 5. The molecular weight excluding hydrogens is 324 g/mol. The normalized spacial score (nSPS) is 9.84. The number of benzene rings is 2. The SMILES string of the molecule is CCOc1ccc(OCNC(=O)Nc2ccc(C(=O)OC)cc2)cc1. The van der Waals surface area contributed by atoms with Crippen LogP contribution in [-0.2, 0) is 4.74 Å². The molecule has 132 valence electrons. The van der Waals surface area contributed by atoms with Crippen molar-refractivity contribution in [2.45, 2.75) is 6.92 Å². The number of nitrogens with one attached hydrogen (secondary N) is 2. The lowest BCUT2D eigenvalue weighted by Gasteiger charge is -2.10. The number of rotatable bonds is 7. The Morgan fingerprint density at radius 2 is 1.52 bits per heavy atom. The van der Waals surface area contributed by atoms with Gasteiger partial charge in [-0.25, -0.2) is 9.59 Å². The summed E-state index contributed by atoms with van der Waals surface area (Å²) in [6.45, 7) is 2.53. The minimum Gasteiger partial charge on any atom is -0.494 e. The summed E-state index contributed by atoms with van der Waals surface area (Å²) in [5, 5.41) is 5.21. The van der Waals surface area contributed by atoms with Crippen molar-refractivity contribution in [2.24, 2.45) is 0 Å². The van der Waals surface area contributed by atoms with Crippen LogP contribution in [0.2, 0.25) is 0 Å². The van der Waals surface area contributed by atoms with E-state index >= 15 is 0 Å². The number of hydrogen-bond donors (Lipinski definition) is 2. The Balaban J connectivity index is 1.75. The molecule has 0 bridgehead atoms. The highest BCUT2D eigenvalue weighted by molar-refractivity contribution is 5.92. The number of anilines is 1. The molecule has 0 saturated heterocycles. The lowest BCUT2D eigenvalue weighted by molar-refractivity contribution is 0.0600. The first kappa shape index (κ1) is 18.1. The minimum atomic E-state index is -0.431. The zero-order valence-corrected chi connectivity index (χ0v) is 14.1. The van der Waals surface area contributed by atoms with E-state index in [1.807, 2.05) is 6.92 Å². The number of ether oxygens (including phenoxy) is 3. The van der Waals surface area contributed by atoms with Gasteiger partial charge in [-0.2, -0.15) is 0 Å². The number of esters is 1. The molecule has 0 radical (unpaired) electrons. The monoisotopic (exact) mass is 344 g/mol. The third-order valence-corrected chi connectivity index (χ3v) is 3.17. The summed E-state index contributed by atoms with van der Waals surface area (Å²) in [7, 11) is 1.31. The van der Waals surface area contributed by atoms with E-state index in [1.165, 1.54) is 7.11 Å². The van der Waals surface area contributed by atoms with Crippen molar-refractivity contribution in [3.05, 3.63) is 54.1 Å². The first-order valence-electron chi connectivity index (χ1n) is 7.71. The quantitative estimate of drug-likeness (QED) is 0.596. The zero-order chi connectivity index (χ0) is 18.1. The fourth-order valence-electron chi connectivity index (χ4n) is 1.97. The second kappa shape index (κ2) is 9.17. The summed E-state index contributed by atoms with van der Waals surface area (Å²) in [5.74, 6) is 0.946. The molecule has 0 heterocycles. The molecule has 25 heavy (non-hydrogen) atoms. The predicted molar refractivity (Wildman–Crippen MR) is 93.0 cm³/mol. The molecule has 0 aliphatic heterocycles. The maximum Gasteiger partial charge on any atom is 0.337 e. The first-order chi connectivity index (χ1) is 12.1. The van der Waals surface area contributed by atoms with E-state index in [4.69, 9.17) is 9.47 Å². The molecule has 2 aromatic rings. The molecule has 0 saturated carbocycles. The zero-order valence-electron chi connectivity index (χ0n) is 14.1. The first-order valence-corrected chi connectivity index (χ1v) is 7.71. The van der Waals surface area contributed by atoms with Crippen LogP contribution in [0.1, 0.15) is 17.3 Å². The van der Waals surface area contributed by atoms with Gasteiger partial charge in [0.1, 0.15) is 11.5 Å². The van der Waals surface area contributed by atoms with Crippen molar-refractivity contribution in [1.82, 2.24) is 5.32 Å². The van der Waals surface area contributed by atoms with Crippen molar-refractivity contribution in [3.8, 4) is 11.5 Å². The minimum absolute atomic E-state index is 0.0139. The number of amides is 2. The van der Waals surface area contributed by atoms with Crippen LogP contribution in [0.4, 0.5) is 10.5 Å². The number of carbonyl (C=O) groups is 2. The largest absolute Gasteiger partial charge is 0.494 e. The number of carbonyl (C=O) groups excluding carboxylic acids is 2. The Bertz CT molecular complexity index is 698. The third kappa shape index (κ3) is 5.72. The summed E-state index contributed by atoms with van der Waals surface area (Å²) < 4.78 is 15.4. The molecule has 0 fully saturated rings. The molecule has 2 N–H and O–H groups in total. The van der Waals surface area contributed by atoms with Crippen LogP contribution in [0, 0.1) is 0 Å². The van der Waals surface area contributed by atoms with Crippen molar-refractivity contribution in [1.29, 1.82) is 0 Å². The fraction of sp³-hybridized carbons (Fsp3) is 0.222. The third-order valence-electron chi connectivity index (χ3n) is 3.17. The van der Waals surface area contributed by atoms with Gasteiger partial charge >= 0.3 is 12.0 Å². The van der Waals surface area contributed by atoms with E-state index in [9.17, 15) is 9.59 Å². The second-order valence-electron chi connectivity index (χ2n) is 4.89. The Morgan fingerprint density at radius 1 is 0.920 bits per heavy atom. The standard InChI is InChI=1S/C18H20N2O5/c1-3-24-15-8-10-16(11-9-15)25-12-19-18(22)20-14-6-4-13(5-7-14)17(21)23-2/h4-11H,3,12H2,1-2H3,(H2,19,20,22). The fourth-order valence-corrected chi connectivity index (χ4v) is 1.97. The smallest absolute Gasteiger partial charge is 0.337 e. The molecule has 0 atom stereocenters. The molecule has 2 amide bonds. The van der Waals surface area contributed by atoms with Crippen molar-refractivity contribution in [2.75, 3.05) is 25.8 Å². The predicted octanol–water partition coefficient (Wildman–Crippen LogP) is 3.03. The highest BCUT2D eigenvalue weighted by Crippen LogP contribution is 2.17. The van der Waals surface area contributed by atoms with E-state index in [1.54, 1.807) is 48.5 Å². The summed E-state index contributed by atoms with van der Waals surface area (Å²) in [6.07, 6.45) is 0. The molecule has 0 aromatic heterocycles. The highest BCUT2D eigenvalue weighted by Gasteiger charge is 2.06. The molecule has 0 aliphatic rings. The molecular formula is C18H20N2O5. The van der Waals surface area contributed by atoms with Crippen LogP contribution in [0.3, 0.4) is 0 Å². The summed E-state index contributed by atoms with van der Waals surface area (Å²) in [5.41, 5.74) is 0.957. The Labute approximate surface area is 145 Å². The molecule has 7 nitrogen and oxygen atoms in total. The van der Waals surface area contributed by atoms with Gasteiger partial charge in [0.05, 0.1) is 19.3 Å². The van der Waals surface area contributed by atoms with Crippen LogP contribution in [-0.4, -0.2) is 32.4 Å². The Morgan fingerprint density at radius 3 is 2.08 bits per heavy atom. The molecule has 7 heteroatoms. The van der Waals surface area contributed by atoms with E-state index in [0.717, 1.165) is 5.75 Å². The Kier molecular flexibility index (Phi) is 6.65. The van der Waals surface area contributed by atoms with Crippen molar-refractivity contribution >= 4 is 17.7 Å². The molecule has 2 aromatic carbocycles. The van der Waals surface area contributed by atoms with Crippen LogP contribution in [0.5, 0.6) is 11.5 Å². The highest BCUT2D eigenvalue weighted by atomic mass is 16.5. The van der Waals surface area contributed by atoms with Crippen LogP contribution >= 0.6 is 0 Å². The van der Waals surface area contributed by atoms with Crippen molar-refractivity contribution in [3.63, 3.8) is 0 Å². The van der Waals surface area contributed by atoms with Crippen LogP contribution in [0.25, 0.3) is 0 Å². The van der Waals surface area contributed by atoms with E-state index < -0.39 is 12.0 Å². The van der Waals surface area contributed by atoms with E-state index in [0.29, 0.717) is 23.6 Å². The molecule has 0 aliphatic carbocycles. The van der Waals surface area contributed by atoms with Gasteiger partial charge in [-0.3, -0.25) is 0 Å². The maximum absolute atomic E-state index is 11.8. The molecule has 0 unspecified atom stereocenters. The summed E-state index contributed by atoms with van der Waals surface area (Å²) in [4.78, 5) is 23.1. The summed E-state index contributed by atoms with van der Waals surface area (Å²) in [6, 6.07) is 13.0. The maximum atomic E-state index is 11.8. The number of methoxy groups -OCH3 is 1. The second-order valence-corrected chi connectivity index (χ2v) is 4.89. The molecule has 2 rings (SSSR count). The summed E-state index contributed by atoms with van der Waals surface area (Å²) >= 11 is 0. The van der Waals surface area contributed by atoms with Gasteiger partial charge in [-0.1, -0.05) is 0 Å². The van der Waals surface area contributed by atoms with Gasteiger partial charge < -0.3 is 24.8 Å². The lowest BCUT2D eigenvalue weighted by atomic mass is 10.2. The van der Waals surface area contributed by atoms with Crippen LogP contribution < -0.4 is 20.1 Å². The average molecular weight is 344 g/mol. The lowest BCUT2D eigenvalue weighted by Crippen LogP contribution is -2.32. The van der Waals surface area contributed by atoms with Gasteiger partial charge in [-0.15, -0.1) is 0 Å².